The van der Waals surface area contributed by atoms with Gasteiger partial charge in [-0.25, -0.2) is 0 Å². The molecule has 0 spiro atoms. The molecule has 1 saturated heterocycles. The lowest BCUT2D eigenvalue weighted by atomic mass is 10.0. The minimum atomic E-state index is -0.482. The molecule has 0 saturated carbocycles. The van der Waals surface area contributed by atoms with Crippen LogP contribution >= 0.6 is 0 Å². The largest absolute Gasteiger partial charge is 0.491 e. The summed E-state index contributed by atoms with van der Waals surface area (Å²) in [5.41, 5.74) is 2.51. The summed E-state index contributed by atoms with van der Waals surface area (Å²) in [5.74, 6) is 0.689. The smallest absolute Gasteiger partial charge is 0.274 e. The van der Waals surface area contributed by atoms with E-state index in [0.29, 0.717) is 54.6 Å². The molecule has 2 aromatic carbocycles. The number of carbonyl (C=O) groups excluding carboxylic acids is 3. The summed E-state index contributed by atoms with van der Waals surface area (Å²) in [6, 6.07) is 13.9. The third kappa shape index (κ3) is 7.57. The number of nitrogens with zero attached hydrogens (tertiary/aromatic N) is 3. The maximum Gasteiger partial charge on any atom is 0.274 e. The maximum absolute atomic E-state index is 13.7. The van der Waals surface area contributed by atoms with Gasteiger partial charge in [0.25, 0.3) is 11.8 Å². The molecule has 2 aliphatic rings. The lowest BCUT2D eigenvalue weighted by Crippen LogP contribution is -2.58. The summed E-state index contributed by atoms with van der Waals surface area (Å²) in [4.78, 5) is 43.6. The Labute approximate surface area is 257 Å². The van der Waals surface area contributed by atoms with Gasteiger partial charge >= 0.3 is 0 Å². The predicted molar refractivity (Wildman–Crippen MR) is 164 cm³/mol. The van der Waals surface area contributed by atoms with E-state index < -0.39 is 6.04 Å². The first-order valence-electron chi connectivity index (χ1n) is 15.3. The van der Waals surface area contributed by atoms with Gasteiger partial charge in [0.15, 0.2) is 0 Å². The Bertz CT molecular complexity index is 1490. The molecule has 1 aromatic heterocycles. The number of benzene rings is 2. The van der Waals surface area contributed by atoms with Crippen molar-refractivity contribution < 1.29 is 28.6 Å². The molecule has 0 unspecified atom stereocenters. The molecular weight excluding hydrogens is 562 g/mol. The quantitative estimate of drug-likeness (QED) is 0.430. The zero-order valence-electron chi connectivity index (χ0n) is 25.8. The maximum atomic E-state index is 13.7. The highest BCUT2D eigenvalue weighted by Gasteiger charge is 2.35. The molecule has 0 radical (unpaired) electrons. The molecule has 234 valence electrons. The molecule has 4 bridgehead atoms. The fourth-order valence-electron chi connectivity index (χ4n) is 5.55. The van der Waals surface area contributed by atoms with E-state index in [0.717, 1.165) is 24.1 Å². The van der Waals surface area contributed by atoms with E-state index in [1.165, 1.54) is 4.90 Å². The number of hydrogen-bond acceptors (Lipinski definition) is 7. The second kappa shape index (κ2) is 13.9. The standard InChI is InChI=1S/C33H41N5O6/c1-5-8-24-16-28(36-35-24)33(41)38-12-11-30-29(18-38)34-31(39)19-37(6-2)32(40)23-14-26(43-21(3)4)17-27(15-23)44-25-10-7-9-22(13-25)20-42-30/h7,9-10,13-17,21,29-30H,5-6,8,11-12,18-20H2,1-4H3,(H,34,39)(H,35,36)/t29-,30-/m0/s1. The summed E-state index contributed by atoms with van der Waals surface area (Å²) in [6.07, 6.45) is 1.82. The van der Waals surface area contributed by atoms with E-state index in [-0.39, 0.29) is 43.0 Å². The summed E-state index contributed by atoms with van der Waals surface area (Å²) >= 11 is 0. The Hall–Kier alpha value is -4.38. The molecule has 3 heterocycles. The Balaban J connectivity index is 1.42. The van der Waals surface area contributed by atoms with Gasteiger partial charge in [-0.05, 0) is 69.5 Å². The molecule has 44 heavy (non-hydrogen) atoms. The molecule has 11 nitrogen and oxygen atoms in total. The number of piperidine rings is 1. The van der Waals surface area contributed by atoms with Crippen molar-refractivity contribution in [2.24, 2.45) is 0 Å². The van der Waals surface area contributed by atoms with Crippen LogP contribution in [0.5, 0.6) is 17.2 Å². The summed E-state index contributed by atoms with van der Waals surface area (Å²) < 4.78 is 18.5. The Morgan fingerprint density at radius 1 is 1.11 bits per heavy atom. The zero-order valence-corrected chi connectivity index (χ0v) is 25.8. The van der Waals surface area contributed by atoms with E-state index in [1.54, 1.807) is 29.2 Å². The van der Waals surface area contributed by atoms with Crippen molar-refractivity contribution in [1.29, 1.82) is 0 Å². The van der Waals surface area contributed by atoms with Gasteiger partial charge in [0.1, 0.15) is 22.9 Å². The Morgan fingerprint density at radius 3 is 2.73 bits per heavy atom. The highest BCUT2D eigenvalue weighted by atomic mass is 16.5. The number of H-pyrrole nitrogens is 1. The topological polar surface area (TPSA) is 126 Å². The molecule has 2 N–H and O–H groups in total. The van der Waals surface area contributed by atoms with Crippen LogP contribution in [0.25, 0.3) is 0 Å². The number of aryl methyl sites for hydroxylation is 1. The molecule has 3 amide bonds. The normalized spacial score (nSPS) is 19.3. The number of fused-ring (bicyclic) bond motifs is 5. The van der Waals surface area contributed by atoms with Gasteiger partial charge in [0, 0.05) is 37.0 Å². The number of amides is 3. The molecule has 0 aliphatic carbocycles. The summed E-state index contributed by atoms with van der Waals surface area (Å²) in [5, 5.41) is 10.2. The molecular formula is C33H41N5O6. The molecule has 2 aliphatic heterocycles. The number of hydrogen-bond donors (Lipinski definition) is 2. The molecule has 5 rings (SSSR count). The van der Waals surface area contributed by atoms with Gasteiger partial charge in [-0.2, -0.15) is 5.10 Å². The minimum absolute atomic E-state index is 0.110. The fourth-order valence-corrected chi connectivity index (χ4v) is 5.55. The fraction of sp³-hybridized carbons (Fsp3) is 0.455. The second-order valence-electron chi connectivity index (χ2n) is 11.5. The number of aromatic amines is 1. The van der Waals surface area contributed by atoms with E-state index >= 15 is 0 Å². The van der Waals surface area contributed by atoms with Crippen molar-refractivity contribution in [3.63, 3.8) is 0 Å². The zero-order chi connectivity index (χ0) is 31.2. The lowest BCUT2D eigenvalue weighted by Gasteiger charge is -2.38. The van der Waals surface area contributed by atoms with Crippen LogP contribution in [-0.2, 0) is 22.6 Å². The van der Waals surface area contributed by atoms with Gasteiger partial charge < -0.3 is 29.3 Å². The van der Waals surface area contributed by atoms with E-state index in [4.69, 9.17) is 14.2 Å². The van der Waals surface area contributed by atoms with Crippen LogP contribution in [0.3, 0.4) is 0 Å². The van der Waals surface area contributed by atoms with Gasteiger partial charge in [-0.3, -0.25) is 19.5 Å². The SMILES string of the molecule is CCCc1cc(C(=O)N2CC[C@@H]3OCc4cccc(c4)Oc4cc(OC(C)C)cc(c4)C(=O)N(CC)CC(=O)N[C@H]3C2)n[nH]1. The van der Waals surface area contributed by atoms with Crippen molar-refractivity contribution in [1.82, 2.24) is 25.3 Å². The Kier molecular flexibility index (Phi) is 9.84. The molecule has 2 atom stereocenters. The average Bonchev–Trinajstić information content (AvgIpc) is 3.46. The van der Waals surface area contributed by atoms with Crippen molar-refractivity contribution in [2.75, 3.05) is 26.2 Å². The minimum Gasteiger partial charge on any atom is -0.491 e. The van der Waals surface area contributed by atoms with Gasteiger partial charge in [0.05, 0.1) is 31.4 Å². The van der Waals surface area contributed by atoms with Crippen molar-refractivity contribution >= 4 is 17.7 Å². The van der Waals surface area contributed by atoms with Gasteiger partial charge in [-0.15, -0.1) is 0 Å². The number of carbonyl (C=O) groups is 3. The average molecular weight is 604 g/mol. The monoisotopic (exact) mass is 603 g/mol. The highest BCUT2D eigenvalue weighted by molar-refractivity contribution is 5.97. The van der Waals surface area contributed by atoms with Crippen LogP contribution in [0, 0.1) is 0 Å². The van der Waals surface area contributed by atoms with Crippen LogP contribution in [0.2, 0.25) is 0 Å². The van der Waals surface area contributed by atoms with Crippen molar-refractivity contribution in [2.45, 2.75) is 71.8 Å². The number of likely N-dealkylation sites (tertiary alicyclic amines) is 1. The highest BCUT2D eigenvalue weighted by Crippen LogP contribution is 2.30. The number of likely N-dealkylation sites (N-methyl/N-ethyl adjacent to an activating group) is 1. The third-order valence-electron chi connectivity index (χ3n) is 7.65. The van der Waals surface area contributed by atoms with Crippen LogP contribution in [0.4, 0.5) is 0 Å². The lowest BCUT2D eigenvalue weighted by molar-refractivity contribution is -0.124. The van der Waals surface area contributed by atoms with Gasteiger partial charge in [-0.1, -0.05) is 25.5 Å². The number of rotatable bonds is 6. The molecule has 11 heteroatoms. The molecule has 1 fully saturated rings. The number of aromatic nitrogens is 2. The number of nitrogens with one attached hydrogen (secondary N) is 2. The number of ether oxygens (including phenoxy) is 3. The first-order chi connectivity index (χ1) is 21.2. The van der Waals surface area contributed by atoms with E-state index in [1.807, 2.05) is 45.0 Å². The summed E-state index contributed by atoms with van der Waals surface area (Å²) in [6.45, 7) is 8.88. The van der Waals surface area contributed by atoms with Gasteiger partial charge in [0.2, 0.25) is 5.91 Å². The third-order valence-corrected chi connectivity index (χ3v) is 7.65. The van der Waals surface area contributed by atoms with Crippen LogP contribution in [-0.4, -0.2) is 82.1 Å². The summed E-state index contributed by atoms with van der Waals surface area (Å²) in [7, 11) is 0. The van der Waals surface area contributed by atoms with Crippen LogP contribution in [0.1, 0.15) is 72.6 Å². The van der Waals surface area contributed by atoms with Crippen LogP contribution in [0.15, 0.2) is 48.5 Å². The predicted octanol–water partition coefficient (Wildman–Crippen LogP) is 4.33. The first-order valence-corrected chi connectivity index (χ1v) is 15.3. The van der Waals surface area contributed by atoms with Crippen LogP contribution < -0.4 is 14.8 Å². The molecule has 3 aromatic rings. The van der Waals surface area contributed by atoms with E-state index in [2.05, 4.69) is 22.4 Å². The van der Waals surface area contributed by atoms with E-state index in [9.17, 15) is 14.4 Å². The first kappa shape index (κ1) is 31.1. The van der Waals surface area contributed by atoms with Crippen molar-refractivity contribution in [3.05, 3.63) is 71.0 Å². The second-order valence-corrected chi connectivity index (χ2v) is 11.5. The van der Waals surface area contributed by atoms with Crippen molar-refractivity contribution in [3.8, 4) is 17.2 Å². The Morgan fingerprint density at radius 2 is 1.95 bits per heavy atom.